The fraction of sp³-hybridized carbons (Fsp3) is 0.519. The zero-order valence-corrected chi connectivity index (χ0v) is 21.2. The van der Waals surface area contributed by atoms with Gasteiger partial charge in [-0.15, -0.1) is 0 Å². The van der Waals surface area contributed by atoms with Crippen molar-refractivity contribution in [2.75, 3.05) is 26.3 Å². The number of ether oxygens (including phenoxy) is 1. The first-order chi connectivity index (χ1) is 16.4. The maximum Gasteiger partial charge on any atom is 0.209 e. The molecule has 2 aromatic carbocycles. The number of hydrogen-bond donors (Lipinski definition) is 1. The smallest absolute Gasteiger partial charge is 0.209 e. The van der Waals surface area contributed by atoms with Gasteiger partial charge < -0.3 is 15.3 Å². The lowest BCUT2D eigenvalue weighted by Crippen LogP contribution is -2.18. The van der Waals surface area contributed by atoms with Crippen molar-refractivity contribution >= 4 is 13.8 Å². The van der Waals surface area contributed by atoms with Crippen LogP contribution in [0.25, 0.3) is 11.1 Å². The fourth-order valence-electron chi connectivity index (χ4n) is 3.32. The van der Waals surface area contributed by atoms with Crippen LogP contribution in [0.2, 0.25) is 6.32 Å². The molecule has 3 aliphatic rings. The Hall–Kier alpha value is -2.25. The van der Waals surface area contributed by atoms with Crippen molar-refractivity contribution in [1.29, 1.82) is 0 Å². The molecule has 1 radical (unpaired) electrons. The molecular formula is C27H40BF2N2O2. The predicted molar refractivity (Wildman–Crippen MR) is 138 cm³/mol. The maximum atomic E-state index is 13.7. The highest BCUT2D eigenvalue weighted by Crippen LogP contribution is 2.52. The molecule has 0 bridgehead atoms. The number of rotatable bonds is 3. The van der Waals surface area contributed by atoms with E-state index in [4.69, 9.17) is 10.4 Å². The van der Waals surface area contributed by atoms with E-state index >= 15 is 0 Å². The molecule has 1 amide bonds. The highest BCUT2D eigenvalue weighted by Gasteiger charge is 2.47. The molecule has 34 heavy (non-hydrogen) atoms. The van der Waals surface area contributed by atoms with Gasteiger partial charge in [0.05, 0.1) is 0 Å². The molecule has 3 fully saturated rings. The standard InChI is InChI=1S/C13H10F2.C7H11NO.C3H6O.C2H7BN.C2H6/c1-9-4-2-7-12(13(9)15)10-5-3-6-11(14)8-10;9-6-8-4-3-7(5-8)1-2-7;1-2-4-3-1;1-2-3-4;1-2/h2-8H,1H3;6H,1-5H2;1-3H2;2,4H2,1H3;1-2H3. The number of likely N-dealkylation sites (tertiary alicyclic amines) is 1. The van der Waals surface area contributed by atoms with E-state index in [-0.39, 0.29) is 11.6 Å². The van der Waals surface area contributed by atoms with Crippen LogP contribution in [-0.4, -0.2) is 45.0 Å². The van der Waals surface area contributed by atoms with Crippen molar-refractivity contribution in [1.82, 2.24) is 4.90 Å². The summed E-state index contributed by atoms with van der Waals surface area (Å²) in [6, 6.07) is 11.1. The molecule has 5 rings (SSSR count). The van der Waals surface area contributed by atoms with Crippen molar-refractivity contribution in [3.8, 4) is 11.1 Å². The molecule has 2 heterocycles. The maximum absolute atomic E-state index is 13.7. The van der Waals surface area contributed by atoms with Crippen LogP contribution in [-0.2, 0) is 9.53 Å². The monoisotopic (exact) mass is 473 g/mol. The Labute approximate surface area is 205 Å². The first-order valence-electron chi connectivity index (χ1n) is 12.3. The van der Waals surface area contributed by atoms with E-state index < -0.39 is 0 Å². The van der Waals surface area contributed by atoms with Gasteiger partial charge in [-0.3, -0.25) is 4.79 Å². The number of halogens is 2. The molecule has 2 saturated heterocycles. The summed E-state index contributed by atoms with van der Waals surface area (Å²) in [6.45, 7) is 11.7. The summed E-state index contributed by atoms with van der Waals surface area (Å²) in [6.07, 6.45) is 7.20. The van der Waals surface area contributed by atoms with Gasteiger partial charge in [0.1, 0.15) is 11.6 Å². The lowest BCUT2D eigenvalue weighted by Gasteiger charge is -2.09. The Balaban J connectivity index is 0.000000256. The number of aryl methyl sites for hydroxylation is 1. The van der Waals surface area contributed by atoms with Crippen molar-refractivity contribution in [2.45, 2.75) is 59.7 Å². The number of benzene rings is 2. The molecule has 4 nitrogen and oxygen atoms in total. The number of nitrogens with two attached hydrogens (primary N) is 1. The Bertz CT molecular complexity index is 837. The van der Waals surface area contributed by atoms with Gasteiger partial charge in [-0.25, -0.2) is 8.78 Å². The molecule has 0 unspecified atom stereocenters. The minimum absolute atomic E-state index is 0.289. The van der Waals surface area contributed by atoms with E-state index in [2.05, 4.69) is 0 Å². The van der Waals surface area contributed by atoms with Crippen LogP contribution >= 0.6 is 0 Å². The van der Waals surface area contributed by atoms with Crippen LogP contribution < -0.4 is 5.64 Å². The first kappa shape index (κ1) is 29.8. The summed E-state index contributed by atoms with van der Waals surface area (Å²) >= 11 is 0. The molecule has 2 aliphatic heterocycles. The molecule has 187 valence electrons. The number of nitrogens with zero attached hydrogens (tertiary/aromatic N) is 1. The topological polar surface area (TPSA) is 55.6 Å². The van der Waals surface area contributed by atoms with Crippen LogP contribution in [0.3, 0.4) is 0 Å². The Morgan fingerprint density at radius 1 is 1.12 bits per heavy atom. The molecule has 7 heteroatoms. The van der Waals surface area contributed by atoms with Gasteiger partial charge in [-0.1, -0.05) is 57.4 Å². The average molecular weight is 473 g/mol. The van der Waals surface area contributed by atoms with E-state index in [1.807, 2.05) is 25.7 Å². The van der Waals surface area contributed by atoms with Gasteiger partial charge >= 0.3 is 0 Å². The number of carbonyl (C=O) groups is 1. The molecule has 1 saturated carbocycles. The second-order valence-electron chi connectivity index (χ2n) is 8.38. The summed E-state index contributed by atoms with van der Waals surface area (Å²) in [5.74, 6) is -0.642. The van der Waals surface area contributed by atoms with Crippen LogP contribution in [0, 0.1) is 24.0 Å². The van der Waals surface area contributed by atoms with Crippen LogP contribution in [0.1, 0.15) is 52.0 Å². The van der Waals surface area contributed by atoms with E-state index in [0.29, 0.717) is 22.1 Å². The number of carbonyl (C=O) groups excluding carboxylic acids is 1. The molecule has 1 spiro atoms. The van der Waals surface area contributed by atoms with Crippen molar-refractivity contribution in [3.05, 3.63) is 59.7 Å². The van der Waals surface area contributed by atoms with Gasteiger partial charge in [0.15, 0.2) is 0 Å². The van der Waals surface area contributed by atoms with Gasteiger partial charge in [0.2, 0.25) is 13.8 Å². The van der Waals surface area contributed by atoms with Crippen LogP contribution in [0.4, 0.5) is 8.78 Å². The molecule has 0 atom stereocenters. The first-order valence-corrected chi connectivity index (χ1v) is 12.3. The Morgan fingerprint density at radius 3 is 2.12 bits per heavy atom. The largest absolute Gasteiger partial charge is 0.381 e. The lowest BCUT2D eigenvalue weighted by molar-refractivity contribution is -0.117. The minimum atomic E-state index is -0.353. The predicted octanol–water partition coefficient (Wildman–Crippen LogP) is 6.00. The summed E-state index contributed by atoms with van der Waals surface area (Å²) in [7, 11) is 1.62. The van der Waals surface area contributed by atoms with Gasteiger partial charge in [0.25, 0.3) is 0 Å². The average Bonchev–Trinajstić information content (AvgIpc) is 3.45. The Kier molecular flexibility index (Phi) is 14.4. The van der Waals surface area contributed by atoms with Gasteiger partial charge in [-0.05, 0) is 61.3 Å². The molecule has 2 aromatic rings. The van der Waals surface area contributed by atoms with Gasteiger partial charge in [0, 0.05) is 31.9 Å². The SMILES string of the molecule is C1COC1.CC.CC[B]N.Cc1cccc(-c2cccc(F)c2)c1F.O=CN1CCC2(CC2)C1. The molecule has 2 N–H and O–H groups in total. The van der Waals surface area contributed by atoms with E-state index in [1.165, 1.54) is 37.8 Å². The fourth-order valence-corrected chi connectivity index (χ4v) is 3.32. The number of amides is 1. The van der Waals surface area contributed by atoms with Crippen LogP contribution in [0.15, 0.2) is 42.5 Å². The van der Waals surface area contributed by atoms with E-state index in [0.717, 1.165) is 39.0 Å². The normalized spacial score (nSPS) is 16.0. The second kappa shape index (κ2) is 16.4. The van der Waals surface area contributed by atoms with E-state index in [9.17, 15) is 13.6 Å². The van der Waals surface area contributed by atoms with Crippen molar-refractivity contribution in [3.63, 3.8) is 0 Å². The molecule has 1 aliphatic carbocycles. The third-order valence-corrected chi connectivity index (χ3v) is 5.71. The molecule has 0 aromatic heterocycles. The third-order valence-electron chi connectivity index (χ3n) is 5.71. The van der Waals surface area contributed by atoms with Crippen molar-refractivity contribution < 1.29 is 18.3 Å². The second-order valence-corrected chi connectivity index (χ2v) is 8.38. The highest BCUT2D eigenvalue weighted by molar-refractivity contribution is 6.30. The van der Waals surface area contributed by atoms with Crippen LogP contribution in [0.5, 0.6) is 0 Å². The quantitative estimate of drug-likeness (QED) is 0.439. The third kappa shape index (κ3) is 10.4. The number of hydrogen-bond acceptors (Lipinski definition) is 3. The lowest BCUT2D eigenvalue weighted by atomic mass is 9.94. The zero-order valence-electron chi connectivity index (χ0n) is 21.2. The highest BCUT2D eigenvalue weighted by atomic mass is 19.1. The molecular weight excluding hydrogens is 433 g/mol. The van der Waals surface area contributed by atoms with Crippen molar-refractivity contribution in [2.24, 2.45) is 11.1 Å². The summed E-state index contributed by atoms with van der Waals surface area (Å²) in [5, 5.41) is 0. The van der Waals surface area contributed by atoms with Gasteiger partial charge in [-0.2, -0.15) is 0 Å². The Morgan fingerprint density at radius 2 is 1.71 bits per heavy atom. The summed E-state index contributed by atoms with van der Waals surface area (Å²) in [4.78, 5) is 12.1. The van der Waals surface area contributed by atoms with E-state index in [1.54, 1.807) is 44.7 Å². The minimum Gasteiger partial charge on any atom is -0.381 e. The summed E-state index contributed by atoms with van der Waals surface area (Å²) in [5.41, 5.74) is 7.09. The summed E-state index contributed by atoms with van der Waals surface area (Å²) < 4.78 is 31.4. The zero-order chi connectivity index (χ0) is 25.4.